The van der Waals surface area contributed by atoms with E-state index < -0.39 is 23.3 Å². The molecule has 9 heteroatoms. The van der Waals surface area contributed by atoms with Crippen molar-refractivity contribution in [2.45, 2.75) is 37.5 Å². The Labute approximate surface area is 182 Å². The predicted molar refractivity (Wildman–Crippen MR) is 112 cm³/mol. The van der Waals surface area contributed by atoms with Crippen LogP contribution in [0.2, 0.25) is 0 Å². The average Bonchev–Trinajstić information content (AvgIpc) is 3.27. The zero-order valence-electron chi connectivity index (χ0n) is 17.2. The summed E-state index contributed by atoms with van der Waals surface area (Å²) in [6.45, 7) is 2.31. The molecule has 3 aliphatic heterocycles. The highest BCUT2D eigenvalue weighted by molar-refractivity contribution is 6.09. The molecule has 6 nitrogen and oxygen atoms in total. The number of alkyl halides is 3. The number of rotatable bonds is 3. The van der Waals surface area contributed by atoms with Gasteiger partial charge >= 0.3 is 6.18 Å². The van der Waals surface area contributed by atoms with E-state index in [0.29, 0.717) is 47.5 Å². The molecule has 2 atom stereocenters. The molecule has 0 spiro atoms. The fourth-order valence-electron chi connectivity index (χ4n) is 4.97. The first-order chi connectivity index (χ1) is 15.4. The Hall–Kier alpha value is -3.49. The van der Waals surface area contributed by atoms with Gasteiger partial charge in [0.05, 0.1) is 34.6 Å². The molecule has 1 amide bonds. The number of amides is 1. The summed E-state index contributed by atoms with van der Waals surface area (Å²) in [4.78, 5) is 19.6. The minimum Gasteiger partial charge on any atom is -0.362 e. The van der Waals surface area contributed by atoms with Crippen LogP contribution in [0.4, 0.5) is 18.9 Å². The van der Waals surface area contributed by atoms with Crippen molar-refractivity contribution < 1.29 is 18.0 Å². The van der Waals surface area contributed by atoms with Crippen LogP contribution in [0.1, 0.15) is 30.9 Å². The highest BCUT2D eigenvalue weighted by atomic mass is 19.4. The first-order valence-corrected chi connectivity index (χ1v) is 10.4. The summed E-state index contributed by atoms with van der Waals surface area (Å²) >= 11 is 0. The number of nitrogens with zero attached hydrogens (tertiary/aromatic N) is 4. The van der Waals surface area contributed by atoms with Gasteiger partial charge < -0.3 is 10.2 Å². The van der Waals surface area contributed by atoms with E-state index in [1.807, 2.05) is 6.92 Å². The molecule has 0 radical (unpaired) electrons. The monoisotopic (exact) mass is 439 g/mol. The number of benzene rings is 1. The maximum absolute atomic E-state index is 13.9. The number of pyridine rings is 1. The van der Waals surface area contributed by atoms with E-state index in [4.69, 9.17) is 0 Å². The summed E-state index contributed by atoms with van der Waals surface area (Å²) in [6.07, 6.45) is 0.722. The third-order valence-corrected chi connectivity index (χ3v) is 6.42. The first kappa shape index (κ1) is 20.4. The van der Waals surface area contributed by atoms with Crippen LogP contribution in [0.5, 0.6) is 0 Å². The standard InChI is InChI=1S/C23H20F3N5O/c1-2-22(14-5-3-6-15(11-14)23(24,25)26)17-13-28-30-20(17)29-18-8-10-31(21(32)19(18)22)16-7-4-9-27-12-16/h3-7,9,11-13,20,29H,2,8,10H2,1H3/t20?,22-/m1/s1. The molecule has 1 aromatic heterocycles. The third-order valence-electron chi connectivity index (χ3n) is 6.42. The molecule has 0 fully saturated rings. The van der Waals surface area contributed by atoms with Gasteiger partial charge in [0.25, 0.3) is 5.91 Å². The van der Waals surface area contributed by atoms with Crippen LogP contribution in [0.15, 0.2) is 82.1 Å². The molecule has 32 heavy (non-hydrogen) atoms. The Kier molecular flexibility index (Phi) is 4.65. The number of aromatic nitrogens is 1. The normalized spacial score (nSPS) is 24.8. The van der Waals surface area contributed by atoms with E-state index >= 15 is 0 Å². The maximum Gasteiger partial charge on any atom is 0.416 e. The van der Waals surface area contributed by atoms with Crippen molar-refractivity contribution in [2.75, 3.05) is 11.4 Å². The Balaban J connectivity index is 1.72. The highest BCUT2D eigenvalue weighted by Crippen LogP contribution is 2.51. The lowest BCUT2D eigenvalue weighted by Gasteiger charge is -2.47. The van der Waals surface area contributed by atoms with Crippen molar-refractivity contribution in [3.05, 3.63) is 83.0 Å². The summed E-state index contributed by atoms with van der Waals surface area (Å²) in [5, 5.41) is 11.6. The number of azo groups is 1. The van der Waals surface area contributed by atoms with Gasteiger partial charge in [-0.05, 0) is 30.2 Å². The zero-order chi connectivity index (χ0) is 22.5. The van der Waals surface area contributed by atoms with E-state index in [-0.39, 0.29) is 5.91 Å². The Morgan fingerprint density at radius 1 is 1.25 bits per heavy atom. The SMILES string of the molecule is CC[C@@]1(c2cccc(C(F)(F)F)c2)C2=CN=NC2NC2=C1C(=O)N(c1cccnc1)CC2. The molecule has 164 valence electrons. The van der Waals surface area contributed by atoms with Gasteiger partial charge in [0.1, 0.15) is 0 Å². The Bertz CT molecular complexity index is 1170. The van der Waals surface area contributed by atoms with Crippen molar-refractivity contribution in [3.63, 3.8) is 0 Å². The molecule has 0 bridgehead atoms. The molecule has 3 aliphatic rings. The molecule has 0 saturated heterocycles. The number of carbonyl (C=O) groups is 1. The summed E-state index contributed by atoms with van der Waals surface area (Å²) in [5.41, 5.74) is 1.07. The van der Waals surface area contributed by atoms with Crippen molar-refractivity contribution in [2.24, 2.45) is 10.2 Å². The largest absolute Gasteiger partial charge is 0.416 e. The van der Waals surface area contributed by atoms with Gasteiger partial charge in [-0.25, -0.2) is 0 Å². The number of fused-ring (bicyclic) bond motifs is 1. The topological polar surface area (TPSA) is 70.0 Å². The highest BCUT2D eigenvalue weighted by Gasteiger charge is 2.53. The smallest absolute Gasteiger partial charge is 0.362 e. The van der Waals surface area contributed by atoms with Crippen molar-refractivity contribution >= 4 is 11.6 Å². The molecular weight excluding hydrogens is 419 g/mol. The molecule has 1 unspecified atom stereocenters. The van der Waals surface area contributed by atoms with Crippen LogP contribution in [-0.4, -0.2) is 23.6 Å². The minimum atomic E-state index is -4.49. The fourth-order valence-corrected chi connectivity index (χ4v) is 4.97. The van der Waals surface area contributed by atoms with E-state index in [2.05, 4.69) is 20.5 Å². The minimum absolute atomic E-state index is 0.253. The quantitative estimate of drug-likeness (QED) is 0.753. The van der Waals surface area contributed by atoms with Crippen molar-refractivity contribution in [1.82, 2.24) is 10.3 Å². The predicted octanol–water partition coefficient (Wildman–Crippen LogP) is 4.72. The van der Waals surface area contributed by atoms with Gasteiger partial charge in [-0.3, -0.25) is 9.78 Å². The number of carbonyl (C=O) groups excluding carboxylic acids is 1. The Morgan fingerprint density at radius 2 is 2.09 bits per heavy atom. The van der Waals surface area contributed by atoms with E-state index in [0.717, 1.165) is 12.1 Å². The van der Waals surface area contributed by atoms with E-state index in [9.17, 15) is 18.0 Å². The second-order valence-corrected chi connectivity index (χ2v) is 7.97. The van der Waals surface area contributed by atoms with Crippen LogP contribution < -0.4 is 10.2 Å². The number of hydrogen-bond acceptors (Lipinski definition) is 5. The van der Waals surface area contributed by atoms with E-state index in [1.165, 1.54) is 6.07 Å². The van der Waals surface area contributed by atoms with Crippen LogP contribution in [0.25, 0.3) is 0 Å². The second-order valence-electron chi connectivity index (χ2n) is 7.97. The van der Waals surface area contributed by atoms with Crippen LogP contribution >= 0.6 is 0 Å². The van der Waals surface area contributed by atoms with Crippen molar-refractivity contribution in [1.29, 1.82) is 0 Å². The molecular formula is C23H20F3N5O. The summed E-state index contributed by atoms with van der Waals surface area (Å²) < 4.78 is 40.7. The molecule has 0 aliphatic carbocycles. The number of anilines is 1. The molecule has 1 aromatic carbocycles. The van der Waals surface area contributed by atoms with Gasteiger partial charge in [0, 0.05) is 30.4 Å². The van der Waals surface area contributed by atoms with E-state index in [1.54, 1.807) is 41.7 Å². The van der Waals surface area contributed by atoms with Gasteiger partial charge in [-0.1, -0.05) is 25.1 Å². The average molecular weight is 439 g/mol. The third kappa shape index (κ3) is 2.95. The van der Waals surface area contributed by atoms with Gasteiger partial charge in [0.15, 0.2) is 6.17 Å². The van der Waals surface area contributed by atoms with Gasteiger partial charge in [-0.15, -0.1) is 0 Å². The summed E-state index contributed by atoms with van der Waals surface area (Å²) in [5.74, 6) is -0.253. The number of nitrogens with one attached hydrogen (secondary N) is 1. The molecule has 2 aromatic rings. The van der Waals surface area contributed by atoms with Crippen LogP contribution in [0.3, 0.4) is 0 Å². The lowest BCUT2D eigenvalue weighted by Crippen LogP contribution is -2.54. The summed E-state index contributed by atoms with van der Waals surface area (Å²) in [7, 11) is 0. The van der Waals surface area contributed by atoms with Crippen LogP contribution in [0, 0.1) is 0 Å². The van der Waals surface area contributed by atoms with Crippen molar-refractivity contribution in [3.8, 4) is 0 Å². The van der Waals surface area contributed by atoms with Gasteiger partial charge in [0.2, 0.25) is 0 Å². The second kappa shape index (κ2) is 7.29. The number of halogens is 3. The lowest BCUT2D eigenvalue weighted by molar-refractivity contribution is -0.137. The van der Waals surface area contributed by atoms with Crippen LogP contribution in [-0.2, 0) is 16.4 Å². The maximum atomic E-state index is 13.9. The molecule has 4 heterocycles. The molecule has 0 saturated carbocycles. The molecule has 5 rings (SSSR count). The summed E-state index contributed by atoms with van der Waals surface area (Å²) in [6, 6.07) is 8.78. The lowest BCUT2D eigenvalue weighted by atomic mass is 9.62. The first-order valence-electron chi connectivity index (χ1n) is 10.4. The molecule has 1 N–H and O–H groups in total. The number of hydrogen-bond donors (Lipinski definition) is 1. The Morgan fingerprint density at radius 3 is 2.81 bits per heavy atom. The fraction of sp³-hybridized carbons (Fsp3) is 0.304. The zero-order valence-corrected chi connectivity index (χ0v) is 17.2. The van der Waals surface area contributed by atoms with Gasteiger partial charge in [-0.2, -0.15) is 23.4 Å².